The molecule has 7 heteroatoms. The quantitative estimate of drug-likeness (QED) is 0.907. The Kier molecular flexibility index (Phi) is 4.38. The third-order valence-corrected chi connectivity index (χ3v) is 4.42. The molecule has 1 N–H and O–H groups in total. The number of amides is 1. The fourth-order valence-electron chi connectivity index (χ4n) is 3.09. The maximum atomic E-state index is 12.8. The van der Waals surface area contributed by atoms with Crippen LogP contribution in [-0.2, 0) is 15.1 Å². The summed E-state index contributed by atoms with van der Waals surface area (Å²) in [7, 11) is 0. The normalized spacial score (nSPS) is 21.8. The zero-order chi connectivity index (χ0) is 17.5. The molecular weight excluding hydrogens is 310 g/mol. The molecule has 0 aromatic carbocycles. The Bertz CT molecular complexity index is 643. The van der Waals surface area contributed by atoms with Gasteiger partial charge in [0.2, 0.25) is 0 Å². The Hall–Kier alpha value is -1.89. The van der Waals surface area contributed by atoms with Crippen LogP contribution in [0.2, 0.25) is 0 Å². The molecule has 1 aromatic heterocycles. The summed E-state index contributed by atoms with van der Waals surface area (Å²) in [6.07, 6.45) is 1.75. The van der Waals surface area contributed by atoms with E-state index < -0.39 is 12.1 Å². The molecule has 7 nitrogen and oxygen atoms in total. The average molecular weight is 335 g/mol. The number of morpholine rings is 1. The van der Waals surface area contributed by atoms with Gasteiger partial charge in [-0.05, 0) is 39.7 Å². The summed E-state index contributed by atoms with van der Waals surface area (Å²) in [5.74, 6) is -0.552. The van der Waals surface area contributed by atoms with E-state index in [2.05, 4.69) is 25.9 Å². The highest BCUT2D eigenvalue weighted by Gasteiger charge is 2.34. The second-order valence-electron chi connectivity index (χ2n) is 7.65. The second kappa shape index (κ2) is 6.20. The smallest absolute Gasteiger partial charge is 0.306 e. The largest absolute Gasteiger partial charge is 0.481 e. The minimum atomic E-state index is -0.915. The minimum Gasteiger partial charge on any atom is -0.481 e. The van der Waals surface area contributed by atoms with Gasteiger partial charge < -0.3 is 14.7 Å². The summed E-state index contributed by atoms with van der Waals surface area (Å²) < 4.78 is 7.40. The highest BCUT2D eigenvalue weighted by molar-refractivity contribution is 5.92. The number of rotatable bonds is 4. The number of nitrogens with zero attached hydrogens (tertiary/aromatic N) is 3. The predicted molar refractivity (Wildman–Crippen MR) is 87.1 cm³/mol. The van der Waals surface area contributed by atoms with E-state index in [0.717, 1.165) is 18.5 Å². The topological polar surface area (TPSA) is 84.7 Å². The lowest BCUT2D eigenvalue weighted by atomic mass is 10.1. The lowest BCUT2D eigenvalue weighted by Crippen LogP contribution is -2.46. The molecule has 0 bridgehead atoms. The molecule has 1 aromatic rings. The number of carboxylic acids is 1. The molecule has 1 amide bonds. The van der Waals surface area contributed by atoms with E-state index in [1.54, 1.807) is 4.90 Å². The molecule has 1 saturated carbocycles. The summed E-state index contributed by atoms with van der Waals surface area (Å²) in [5.41, 5.74) is 1.40. The van der Waals surface area contributed by atoms with Crippen LogP contribution in [0.15, 0.2) is 6.07 Å². The van der Waals surface area contributed by atoms with E-state index >= 15 is 0 Å². The number of ether oxygens (including phenoxy) is 1. The van der Waals surface area contributed by atoms with Crippen molar-refractivity contribution in [2.75, 3.05) is 19.7 Å². The van der Waals surface area contributed by atoms with Crippen LogP contribution in [0.1, 0.15) is 62.1 Å². The molecule has 1 aliphatic carbocycles. The van der Waals surface area contributed by atoms with Gasteiger partial charge in [0.15, 0.2) is 5.69 Å². The number of hydrogen-bond acceptors (Lipinski definition) is 4. The van der Waals surface area contributed by atoms with Crippen molar-refractivity contribution in [2.45, 2.75) is 57.6 Å². The van der Waals surface area contributed by atoms with Gasteiger partial charge in [-0.2, -0.15) is 5.10 Å². The van der Waals surface area contributed by atoms with Crippen LogP contribution < -0.4 is 0 Å². The monoisotopic (exact) mass is 335 g/mol. The summed E-state index contributed by atoms with van der Waals surface area (Å²) >= 11 is 0. The SMILES string of the molecule is CC(C)(C)n1nc(C(=O)N2CCO[C@@H](CC(=O)O)C2)cc1C1CC1. The Morgan fingerprint density at radius 3 is 2.67 bits per heavy atom. The minimum absolute atomic E-state index is 0.0897. The molecule has 1 aliphatic heterocycles. The molecule has 0 spiro atoms. The first-order valence-corrected chi connectivity index (χ1v) is 8.49. The first kappa shape index (κ1) is 17.0. The van der Waals surface area contributed by atoms with Gasteiger partial charge in [0.25, 0.3) is 5.91 Å². The predicted octanol–water partition coefficient (Wildman–Crippen LogP) is 1.83. The van der Waals surface area contributed by atoms with Gasteiger partial charge in [0.05, 0.1) is 24.7 Å². The zero-order valence-corrected chi connectivity index (χ0v) is 14.5. The fourth-order valence-corrected chi connectivity index (χ4v) is 3.09. The Labute approximate surface area is 141 Å². The van der Waals surface area contributed by atoms with Gasteiger partial charge in [0.1, 0.15) is 0 Å². The van der Waals surface area contributed by atoms with Crippen molar-refractivity contribution < 1.29 is 19.4 Å². The van der Waals surface area contributed by atoms with Gasteiger partial charge in [-0.25, -0.2) is 0 Å². The number of carboxylic acid groups (broad SMARTS) is 1. The van der Waals surface area contributed by atoms with Crippen LogP contribution in [0.5, 0.6) is 0 Å². The fraction of sp³-hybridized carbons (Fsp3) is 0.706. The van der Waals surface area contributed by atoms with Crippen LogP contribution in [0.25, 0.3) is 0 Å². The van der Waals surface area contributed by atoms with Crippen molar-refractivity contribution in [3.8, 4) is 0 Å². The number of carbonyl (C=O) groups excluding carboxylic acids is 1. The highest BCUT2D eigenvalue weighted by atomic mass is 16.5. The number of hydrogen-bond donors (Lipinski definition) is 1. The van der Waals surface area contributed by atoms with Crippen molar-refractivity contribution >= 4 is 11.9 Å². The summed E-state index contributed by atoms with van der Waals surface area (Å²) in [5, 5.41) is 13.5. The molecule has 1 saturated heterocycles. The van der Waals surface area contributed by atoms with E-state index in [1.807, 2.05) is 10.7 Å². The van der Waals surface area contributed by atoms with Crippen LogP contribution >= 0.6 is 0 Å². The molecule has 2 fully saturated rings. The van der Waals surface area contributed by atoms with E-state index in [9.17, 15) is 9.59 Å². The number of aromatic nitrogens is 2. The molecule has 24 heavy (non-hydrogen) atoms. The Balaban J connectivity index is 1.78. The standard InChI is InChI=1S/C17H25N3O4/c1-17(2,3)20-14(11-4-5-11)9-13(18-20)16(23)19-6-7-24-12(10-19)8-15(21)22/h9,11-12H,4-8,10H2,1-3H3,(H,21,22)/t12-/m0/s1. The van der Waals surface area contributed by atoms with Crippen LogP contribution in [-0.4, -0.2) is 57.5 Å². The lowest BCUT2D eigenvalue weighted by molar-refractivity contribution is -0.141. The molecule has 0 unspecified atom stereocenters. The summed E-state index contributed by atoms with van der Waals surface area (Å²) in [6, 6.07) is 1.91. The van der Waals surface area contributed by atoms with Gasteiger partial charge >= 0.3 is 5.97 Å². The second-order valence-corrected chi connectivity index (χ2v) is 7.65. The van der Waals surface area contributed by atoms with E-state index in [0.29, 0.717) is 31.3 Å². The maximum Gasteiger partial charge on any atom is 0.306 e. The van der Waals surface area contributed by atoms with E-state index in [-0.39, 0.29) is 17.9 Å². The first-order valence-electron chi connectivity index (χ1n) is 8.49. The van der Waals surface area contributed by atoms with Crippen molar-refractivity contribution in [1.82, 2.24) is 14.7 Å². The van der Waals surface area contributed by atoms with Crippen LogP contribution in [0.4, 0.5) is 0 Å². The maximum absolute atomic E-state index is 12.8. The van der Waals surface area contributed by atoms with Gasteiger partial charge in [0, 0.05) is 24.7 Å². The average Bonchev–Trinajstić information content (AvgIpc) is 3.23. The zero-order valence-electron chi connectivity index (χ0n) is 14.5. The van der Waals surface area contributed by atoms with Gasteiger partial charge in [-0.15, -0.1) is 0 Å². The third kappa shape index (κ3) is 3.61. The van der Waals surface area contributed by atoms with Crippen molar-refractivity contribution in [3.63, 3.8) is 0 Å². The summed E-state index contributed by atoms with van der Waals surface area (Å²) in [6.45, 7) is 7.37. The first-order chi connectivity index (χ1) is 11.3. The van der Waals surface area contributed by atoms with Crippen LogP contribution in [0, 0.1) is 0 Å². The number of carbonyl (C=O) groups is 2. The Morgan fingerprint density at radius 1 is 1.38 bits per heavy atom. The lowest BCUT2D eigenvalue weighted by Gasteiger charge is -2.31. The van der Waals surface area contributed by atoms with Gasteiger partial charge in [-0.3, -0.25) is 14.3 Å². The third-order valence-electron chi connectivity index (χ3n) is 4.42. The molecule has 1 atom stereocenters. The van der Waals surface area contributed by atoms with Crippen molar-refractivity contribution in [3.05, 3.63) is 17.5 Å². The van der Waals surface area contributed by atoms with E-state index in [4.69, 9.17) is 9.84 Å². The van der Waals surface area contributed by atoms with Crippen molar-refractivity contribution in [1.29, 1.82) is 0 Å². The Morgan fingerprint density at radius 2 is 2.08 bits per heavy atom. The summed E-state index contributed by atoms with van der Waals surface area (Å²) in [4.78, 5) is 25.3. The van der Waals surface area contributed by atoms with E-state index in [1.165, 1.54) is 0 Å². The van der Waals surface area contributed by atoms with Crippen molar-refractivity contribution in [2.24, 2.45) is 0 Å². The molecule has 2 aliphatic rings. The molecule has 2 heterocycles. The highest BCUT2D eigenvalue weighted by Crippen LogP contribution is 2.41. The molecule has 3 rings (SSSR count). The molecule has 132 valence electrons. The molecule has 0 radical (unpaired) electrons. The molecular formula is C17H25N3O4. The van der Waals surface area contributed by atoms with Crippen LogP contribution in [0.3, 0.4) is 0 Å². The van der Waals surface area contributed by atoms with Gasteiger partial charge in [-0.1, -0.05) is 0 Å². The number of aliphatic carboxylic acids is 1.